The van der Waals surface area contributed by atoms with Crippen LogP contribution in [0.4, 0.5) is 0 Å². The molecule has 38 valence electrons. The average Bonchev–Trinajstić information content (AvgIpc) is 1.41. The Balaban J connectivity index is 0. The minimum atomic E-state index is -0.139. The maximum atomic E-state index is 9.31. The van der Waals surface area contributed by atoms with Crippen LogP contribution in [0, 0.1) is 0 Å². The van der Waals surface area contributed by atoms with Gasteiger partial charge < -0.3 is 5.11 Å². The van der Waals surface area contributed by atoms with E-state index in [0.717, 1.165) is 7.11 Å². The molecule has 0 bridgehead atoms. The molecule has 0 spiro atoms. The molecule has 3 heteroatoms. The van der Waals surface area contributed by atoms with Gasteiger partial charge in [0.25, 0.3) is 0 Å². The topological polar surface area (TPSA) is 37.3 Å². The number of hydrogen-bond acceptors (Lipinski definition) is 2. The van der Waals surface area contributed by atoms with E-state index in [1.165, 1.54) is 6.92 Å². The fourth-order valence-electron chi connectivity index (χ4n) is 0. The number of aliphatic hydroxyl groups excluding tert-OH is 1. The third-order valence-electron chi connectivity index (χ3n) is 0. The van der Waals surface area contributed by atoms with E-state index in [1.807, 2.05) is 0 Å². The largest absolute Gasteiger partial charge is 0.400 e. The van der Waals surface area contributed by atoms with Crippen molar-refractivity contribution in [3.63, 3.8) is 0 Å². The number of carbonyl (C=O) groups excluding carboxylic acids is 1. The lowest BCUT2D eigenvalue weighted by atomic mass is 10.9. The predicted molar refractivity (Wildman–Crippen MR) is 27.8 cm³/mol. The Bertz CT molecular complexity index is 31.8. The second kappa shape index (κ2) is 8.88. The van der Waals surface area contributed by atoms with Gasteiger partial charge in [-0.1, -0.05) is 0 Å². The van der Waals surface area contributed by atoms with Gasteiger partial charge in [0.2, 0.25) is 0 Å². The van der Waals surface area contributed by atoms with E-state index in [-0.39, 0.29) is 5.12 Å². The summed E-state index contributed by atoms with van der Waals surface area (Å²) < 4.78 is 0. The molecule has 0 rings (SSSR count). The van der Waals surface area contributed by atoms with Crippen molar-refractivity contribution in [3.05, 3.63) is 0 Å². The summed E-state index contributed by atoms with van der Waals surface area (Å²) in [5.74, 6) is 0. The van der Waals surface area contributed by atoms with Crippen LogP contribution in [-0.4, -0.2) is 17.3 Å². The van der Waals surface area contributed by atoms with E-state index in [4.69, 9.17) is 5.11 Å². The van der Waals surface area contributed by atoms with Gasteiger partial charge in [-0.3, -0.25) is 4.79 Å². The van der Waals surface area contributed by atoms with Gasteiger partial charge in [-0.2, -0.15) is 0 Å². The highest BCUT2D eigenvalue weighted by atomic mass is 32.1. The summed E-state index contributed by atoms with van der Waals surface area (Å²) in [6.07, 6.45) is 0. The molecule has 6 heavy (non-hydrogen) atoms. The smallest absolute Gasteiger partial charge is 0.182 e. The third-order valence-corrected chi connectivity index (χ3v) is 0. The fraction of sp³-hybridized carbons (Fsp3) is 0.667. The first kappa shape index (κ1) is 9.36. The molecule has 0 aromatic carbocycles. The van der Waals surface area contributed by atoms with Crippen molar-refractivity contribution in [2.45, 2.75) is 6.92 Å². The summed E-state index contributed by atoms with van der Waals surface area (Å²) in [5, 5.41) is 6.86. The first-order valence-corrected chi connectivity index (χ1v) is 1.82. The molecule has 0 unspecified atom stereocenters. The number of aliphatic hydroxyl groups is 1. The first-order valence-electron chi connectivity index (χ1n) is 1.37. The lowest BCUT2D eigenvalue weighted by Crippen LogP contribution is -1.62. The normalized spacial score (nSPS) is 5.33. The highest BCUT2D eigenvalue weighted by molar-refractivity contribution is 7.96. The Morgan fingerprint density at radius 3 is 1.67 bits per heavy atom. The summed E-state index contributed by atoms with van der Waals surface area (Å²) in [7, 11) is 1.00. The quantitative estimate of drug-likeness (QED) is 0.431. The first-order chi connectivity index (χ1) is 2.73. The molecule has 0 aliphatic carbocycles. The average molecular weight is 108 g/mol. The minimum Gasteiger partial charge on any atom is -0.400 e. The van der Waals surface area contributed by atoms with Crippen molar-refractivity contribution in [2.75, 3.05) is 7.11 Å². The SMILES string of the molecule is CC(=O)S.CO. The van der Waals surface area contributed by atoms with E-state index in [9.17, 15) is 4.79 Å². The minimum absolute atomic E-state index is 0.139. The van der Waals surface area contributed by atoms with Crippen LogP contribution in [-0.2, 0) is 4.79 Å². The van der Waals surface area contributed by atoms with Gasteiger partial charge in [-0.05, 0) is 0 Å². The van der Waals surface area contributed by atoms with Crippen LogP contribution < -0.4 is 0 Å². The highest BCUT2D eigenvalue weighted by Gasteiger charge is 1.63. The Hall–Kier alpha value is -0.0200. The fourth-order valence-corrected chi connectivity index (χ4v) is 0. The molecule has 0 heterocycles. The van der Waals surface area contributed by atoms with Crippen molar-refractivity contribution >= 4 is 17.7 Å². The van der Waals surface area contributed by atoms with Crippen molar-refractivity contribution in [1.82, 2.24) is 0 Å². The lowest BCUT2D eigenvalue weighted by molar-refractivity contribution is -0.108. The van der Waals surface area contributed by atoms with E-state index in [0.29, 0.717) is 0 Å². The Labute approximate surface area is 42.6 Å². The Morgan fingerprint density at radius 2 is 1.67 bits per heavy atom. The van der Waals surface area contributed by atoms with Gasteiger partial charge in [0.15, 0.2) is 5.12 Å². The van der Waals surface area contributed by atoms with Gasteiger partial charge >= 0.3 is 0 Å². The van der Waals surface area contributed by atoms with Crippen LogP contribution in [0.5, 0.6) is 0 Å². The highest BCUT2D eigenvalue weighted by Crippen LogP contribution is 1.66. The predicted octanol–water partition coefficient (Wildman–Crippen LogP) is 0.0712. The molecule has 0 aliphatic heterocycles. The number of hydrogen-bond donors (Lipinski definition) is 2. The van der Waals surface area contributed by atoms with Crippen LogP contribution in [0.2, 0.25) is 0 Å². The standard InChI is InChI=1S/C2H4OS.CH4O/c1-2(3)4;1-2/h1H3,(H,3,4);2H,1H3. The molecule has 0 saturated heterocycles. The number of rotatable bonds is 0. The lowest BCUT2D eigenvalue weighted by Gasteiger charge is -1.55. The zero-order valence-corrected chi connectivity index (χ0v) is 4.70. The molecule has 0 atom stereocenters. The van der Waals surface area contributed by atoms with Gasteiger partial charge in [0, 0.05) is 14.0 Å². The summed E-state index contributed by atoms with van der Waals surface area (Å²) in [6, 6.07) is 0. The maximum absolute atomic E-state index is 9.31. The summed E-state index contributed by atoms with van der Waals surface area (Å²) >= 11 is 3.33. The molecule has 0 amide bonds. The van der Waals surface area contributed by atoms with Gasteiger partial charge in [-0.25, -0.2) is 0 Å². The molecule has 2 nitrogen and oxygen atoms in total. The number of carbonyl (C=O) groups is 1. The van der Waals surface area contributed by atoms with Crippen molar-refractivity contribution < 1.29 is 9.90 Å². The molecular formula is C3H8O2S. The monoisotopic (exact) mass is 108 g/mol. The molecule has 0 saturated carbocycles. The van der Waals surface area contributed by atoms with E-state index >= 15 is 0 Å². The maximum Gasteiger partial charge on any atom is 0.182 e. The van der Waals surface area contributed by atoms with Crippen LogP contribution in [0.1, 0.15) is 6.92 Å². The third kappa shape index (κ3) is 88400. The summed E-state index contributed by atoms with van der Waals surface area (Å²) in [5.41, 5.74) is 0. The zero-order valence-electron chi connectivity index (χ0n) is 3.80. The van der Waals surface area contributed by atoms with Crippen molar-refractivity contribution in [2.24, 2.45) is 0 Å². The molecule has 0 radical (unpaired) electrons. The summed E-state index contributed by atoms with van der Waals surface area (Å²) in [4.78, 5) is 9.31. The molecule has 0 aromatic heterocycles. The number of thiol groups is 1. The second-order valence-electron chi connectivity index (χ2n) is 0.519. The van der Waals surface area contributed by atoms with Crippen molar-refractivity contribution in [1.29, 1.82) is 0 Å². The zero-order chi connectivity index (χ0) is 5.58. The molecule has 0 aliphatic rings. The molecule has 0 aromatic rings. The van der Waals surface area contributed by atoms with E-state index in [2.05, 4.69) is 12.6 Å². The van der Waals surface area contributed by atoms with E-state index < -0.39 is 0 Å². The molecular weight excluding hydrogens is 100 g/mol. The van der Waals surface area contributed by atoms with Gasteiger partial charge in [0.05, 0.1) is 0 Å². The van der Waals surface area contributed by atoms with Gasteiger partial charge in [-0.15, -0.1) is 12.6 Å². The molecule has 0 fully saturated rings. The van der Waals surface area contributed by atoms with E-state index in [1.54, 1.807) is 0 Å². The molecule has 1 N–H and O–H groups in total. The Morgan fingerprint density at radius 1 is 1.67 bits per heavy atom. The van der Waals surface area contributed by atoms with Crippen LogP contribution in [0.3, 0.4) is 0 Å². The van der Waals surface area contributed by atoms with Crippen molar-refractivity contribution in [3.8, 4) is 0 Å². The second-order valence-corrected chi connectivity index (χ2v) is 1.15. The van der Waals surface area contributed by atoms with Crippen LogP contribution in [0.15, 0.2) is 0 Å². The van der Waals surface area contributed by atoms with Gasteiger partial charge in [0.1, 0.15) is 0 Å². The Kier molecular flexibility index (Phi) is 13.9. The summed E-state index contributed by atoms with van der Waals surface area (Å²) in [6.45, 7) is 1.39. The van der Waals surface area contributed by atoms with Crippen LogP contribution in [0.25, 0.3) is 0 Å². The van der Waals surface area contributed by atoms with Crippen LogP contribution >= 0.6 is 12.6 Å².